The molecule has 0 spiro atoms. The lowest BCUT2D eigenvalue weighted by atomic mass is 10.3. The van der Waals surface area contributed by atoms with Gasteiger partial charge in [0.05, 0.1) is 36.2 Å². The van der Waals surface area contributed by atoms with Crippen LogP contribution >= 0.6 is 11.6 Å². The van der Waals surface area contributed by atoms with Crippen molar-refractivity contribution in [3.63, 3.8) is 0 Å². The van der Waals surface area contributed by atoms with Crippen molar-refractivity contribution < 1.29 is 14.4 Å². The smallest absolute Gasteiger partial charge is 0.273 e. The van der Waals surface area contributed by atoms with E-state index in [1.807, 2.05) is 0 Å². The monoisotopic (exact) mass is 295 g/mol. The van der Waals surface area contributed by atoms with E-state index in [4.69, 9.17) is 21.1 Å². The van der Waals surface area contributed by atoms with Crippen LogP contribution in [0.2, 0.25) is 5.15 Å². The largest absolute Gasteiger partial charge is 0.493 e. The summed E-state index contributed by atoms with van der Waals surface area (Å²) >= 11 is 5.62. The first-order valence-electron chi connectivity index (χ1n) is 5.52. The van der Waals surface area contributed by atoms with E-state index in [0.717, 1.165) is 0 Å². The predicted molar refractivity (Wildman–Crippen MR) is 71.0 cm³/mol. The van der Waals surface area contributed by atoms with Gasteiger partial charge in [-0.2, -0.15) is 0 Å². The Balaban J connectivity index is 2.16. The Hall–Kier alpha value is -2.41. The van der Waals surface area contributed by atoms with E-state index >= 15 is 0 Å². The lowest BCUT2D eigenvalue weighted by Gasteiger charge is -2.09. The molecule has 0 atom stereocenters. The van der Waals surface area contributed by atoms with Crippen LogP contribution in [0.15, 0.2) is 30.6 Å². The van der Waals surface area contributed by atoms with Crippen LogP contribution in [-0.2, 0) is 6.61 Å². The molecule has 0 radical (unpaired) electrons. The van der Waals surface area contributed by atoms with Crippen molar-refractivity contribution in [2.24, 2.45) is 0 Å². The van der Waals surface area contributed by atoms with Gasteiger partial charge in [0.2, 0.25) is 0 Å². The molecular formula is C12H10ClN3O4. The molecule has 0 amide bonds. The zero-order valence-electron chi connectivity index (χ0n) is 10.4. The average molecular weight is 296 g/mol. The minimum absolute atomic E-state index is 0.0806. The zero-order valence-corrected chi connectivity index (χ0v) is 11.2. The third kappa shape index (κ3) is 3.33. The predicted octanol–water partition coefficient (Wildman–Crippen LogP) is 2.63. The lowest BCUT2D eigenvalue weighted by Crippen LogP contribution is -2.01. The van der Waals surface area contributed by atoms with Gasteiger partial charge in [-0.05, 0) is 6.07 Å². The first kappa shape index (κ1) is 14.0. The molecule has 0 fully saturated rings. The molecule has 7 nitrogen and oxygen atoms in total. The van der Waals surface area contributed by atoms with Crippen molar-refractivity contribution in [1.29, 1.82) is 0 Å². The van der Waals surface area contributed by atoms with Crippen LogP contribution in [0.25, 0.3) is 0 Å². The van der Waals surface area contributed by atoms with Gasteiger partial charge in [0.1, 0.15) is 11.8 Å². The number of benzene rings is 1. The summed E-state index contributed by atoms with van der Waals surface area (Å²) in [7, 11) is 1.45. The van der Waals surface area contributed by atoms with Crippen LogP contribution < -0.4 is 9.47 Å². The summed E-state index contributed by atoms with van der Waals surface area (Å²) in [6.07, 6.45) is 2.86. The first-order chi connectivity index (χ1) is 9.60. The summed E-state index contributed by atoms with van der Waals surface area (Å²) in [6, 6.07) is 4.11. The van der Waals surface area contributed by atoms with Gasteiger partial charge in [0.25, 0.3) is 5.69 Å². The number of hydrogen-bond donors (Lipinski definition) is 0. The minimum atomic E-state index is -0.506. The molecule has 1 aromatic carbocycles. The highest BCUT2D eigenvalue weighted by Crippen LogP contribution is 2.31. The number of non-ortho nitro benzene ring substituents is 1. The Bertz CT molecular complexity index is 619. The lowest BCUT2D eigenvalue weighted by molar-refractivity contribution is -0.385. The van der Waals surface area contributed by atoms with Gasteiger partial charge in [-0.1, -0.05) is 11.6 Å². The summed E-state index contributed by atoms with van der Waals surface area (Å²) in [6.45, 7) is 0.0989. The zero-order chi connectivity index (χ0) is 14.5. The van der Waals surface area contributed by atoms with Crippen molar-refractivity contribution in [3.05, 3.63) is 51.6 Å². The molecule has 1 aromatic heterocycles. The van der Waals surface area contributed by atoms with Gasteiger partial charge < -0.3 is 9.47 Å². The molecule has 104 valence electrons. The molecule has 2 aromatic rings. The highest BCUT2D eigenvalue weighted by atomic mass is 35.5. The summed E-state index contributed by atoms with van der Waals surface area (Å²) in [5.74, 6) is 0.663. The second-order valence-electron chi connectivity index (χ2n) is 3.71. The quantitative estimate of drug-likeness (QED) is 0.622. The van der Waals surface area contributed by atoms with Crippen molar-refractivity contribution in [3.8, 4) is 11.5 Å². The number of nitrogens with zero attached hydrogens (tertiary/aromatic N) is 3. The summed E-state index contributed by atoms with van der Waals surface area (Å²) < 4.78 is 10.6. The van der Waals surface area contributed by atoms with Gasteiger partial charge in [0, 0.05) is 6.07 Å². The van der Waals surface area contributed by atoms with Crippen molar-refractivity contribution in [2.75, 3.05) is 7.11 Å². The van der Waals surface area contributed by atoms with Crippen molar-refractivity contribution >= 4 is 17.3 Å². The standard InChI is InChI=1S/C12H10ClN3O4/c1-19-10-3-2-9(16(17)18)4-11(10)20-7-8-5-15-12(13)6-14-8/h2-6H,7H2,1H3. The van der Waals surface area contributed by atoms with E-state index in [-0.39, 0.29) is 23.2 Å². The van der Waals surface area contributed by atoms with Gasteiger partial charge in [-0.15, -0.1) is 0 Å². The van der Waals surface area contributed by atoms with E-state index in [1.165, 1.54) is 37.7 Å². The summed E-state index contributed by atoms with van der Waals surface area (Å²) in [5, 5.41) is 11.0. The fraction of sp³-hybridized carbons (Fsp3) is 0.167. The first-order valence-corrected chi connectivity index (χ1v) is 5.89. The number of aromatic nitrogens is 2. The molecule has 0 bridgehead atoms. The fourth-order valence-electron chi connectivity index (χ4n) is 1.46. The number of nitro groups is 1. The molecule has 8 heteroatoms. The highest BCUT2D eigenvalue weighted by molar-refractivity contribution is 6.29. The second kappa shape index (κ2) is 6.16. The number of nitro benzene ring substituents is 1. The number of ether oxygens (including phenoxy) is 2. The van der Waals surface area contributed by atoms with E-state index in [9.17, 15) is 10.1 Å². The Kier molecular flexibility index (Phi) is 4.31. The van der Waals surface area contributed by atoms with Gasteiger partial charge in [-0.25, -0.2) is 4.98 Å². The topological polar surface area (TPSA) is 87.4 Å². The maximum absolute atomic E-state index is 10.7. The molecule has 0 N–H and O–H groups in total. The van der Waals surface area contributed by atoms with E-state index in [2.05, 4.69) is 9.97 Å². The fourth-order valence-corrected chi connectivity index (χ4v) is 1.55. The number of methoxy groups -OCH3 is 1. The third-order valence-corrected chi connectivity index (χ3v) is 2.60. The normalized spacial score (nSPS) is 10.1. The Morgan fingerprint density at radius 3 is 2.70 bits per heavy atom. The van der Waals surface area contributed by atoms with E-state index < -0.39 is 4.92 Å². The number of hydrogen-bond acceptors (Lipinski definition) is 6. The number of rotatable bonds is 5. The molecule has 20 heavy (non-hydrogen) atoms. The third-order valence-electron chi connectivity index (χ3n) is 2.41. The van der Waals surface area contributed by atoms with Gasteiger partial charge >= 0.3 is 0 Å². The van der Waals surface area contributed by atoms with E-state index in [0.29, 0.717) is 11.4 Å². The van der Waals surface area contributed by atoms with Crippen LogP contribution in [0.1, 0.15) is 5.69 Å². The van der Waals surface area contributed by atoms with E-state index in [1.54, 1.807) is 0 Å². The van der Waals surface area contributed by atoms with Gasteiger partial charge in [-0.3, -0.25) is 15.1 Å². The molecule has 2 rings (SSSR count). The average Bonchev–Trinajstić information content (AvgIpc) is 2.46. The molecule has 0 saturated carbocycles. The van der Waals surface area contributed by atoms with Crippen LogP contribution in [-0.4, -0.2) is 22.0 Å². The summed E-state index contributed by atoms with van der Waals surface area (Å²) in [4.78, 5) is 18.1. The Labute approximate surface area is 119 Å². The Morgan fingerprint density at radius 2 is 2.10 bits per heavy atom. The van der Waals surface area contributed by atoms with Crippen LogP contribution in [0.3, 0.4) is 0 Å². The van der Waals surface area contributed by atoms with Crippen LogP contribution in [0.4, 0.5) is 5.69 Å². The SMILES string of the molecule is COc1ccc([N+](=O)[O-])cc1OCc1cnc(Cl)cn1. The van der Waals surface area contributed by atoms with Crippen molar-refractivity contribution in [1.82, 2.24) is 9.97 Å². The molecule has 0 aliphatic rings. The molecule has 1 heterocycles. The molecular weight excluding hydrogens is 286 g/mol. The highest BCUT2D eigenvalue weighted by Gasteiger charge is 2.12. The number of halogens is 1. The molecule has 0 unspecified atom stereocenters. The minimum Gasteiger partial charge on any atom is -0.493 e. The maximum atomic E-state index is 10.7. The second-order valence-corrected chi connectivity index (χ2v) is 4.10. The van der Waals surface area contributed by atoms with Crippen LogP contribution in [0, 0.1) is 10.1 Å². The maximum Gasteiger partial charge on any atom is 0.273 e. The Morgan fingerprint density at radius 1 is 1.30 bits per heavy atom. The van der Waals surface area contributed by atoms with Crippen molar-refractivity contribution in [2.45, 2.75) is 6.61 Å². The molecule has 0 aliphatic carbocycles. The van der Waals surface area contributed by atoms with Crippen LogP contribution in [0.5, 0.6) is 11.5 Å². The molecule has 0 aliphatic heterocycles. The van der Waals surface area contributed by atoms with Gasteiger partial charge in [0.15, 0.2) is 11.5 Å². The molecule has 0 saturated heterocycles. The summed E-state index contributed by atoms with van der Waals surface area (Å²) in [5.41, 5.74) is 0.464.